The number of pyridine rings is 1. The van der Waals surface area contributed by atoms with Crippen molar-refractivity contribution in [2.24, 2.45) is 5.16 Å². The van der Waals surface area contributed by atoms with Crippen LogP contribution in [0.4, 0.5) is 0 Å². The Labute approximate surface area is 182 Å². The van der Waals surface area contributed by atoms with Gasteiger partial charge in [0.2, 0.25) is 0 Å². The smallest absolute Gasteiger partial charge is 0.257 e. The Morgan fingerprint density at radius 2 is 1.55 bits per heavy atom. The normalized spacial score (nSPS) is 11.6. The number of H-pyrrole nitrogens is 1. The summed E-state index contributed by atoms with van der Waals surface area (Å²) < 4.78 is 0. The van der Waals surface area contributed by atoms with Crippen molar-refractivity contribution in [3.63, 3.8) is 0 Å². The summed E-state index contributed by atoms with van der Waals surface area (Å²) in [4.78, 5) is 34.3. The Morgan fingerprint density at radius 1 is 1.00 bits per heavy atom. The molecule has 3 aromatic rings. The molecule has 2 aromatic carbocycles. The molecular formula is C25H27N3O3. The van der Waals surface area contributed by atoms with Crippen molar-refractivity contribution in [1.29, 1.82) is 0 Å². The lowest BCUT2D eigenvalue weighted by Gasteiger charge is -2.17. The van der Waals surface area contributed by atoms with Crippen LogP contribution in [0.15, 0.2) is 76.7 Å². The van der Waals surface area contributed by atoms with Gasteiger partial charge in [-0.2, -0.15) is 0 Å². The van der Waals surface area contributed by atoms with Crippen LogP contribution < -0.4 is 10.7 Å². The molecule has 1 heterocycles. The Morgan fingerprint density at radius 3 is 2.06 bits per heavy atom. The molecule has 0 spiro atoms. The highest BCUT2D eigenvalue weighted by Crippen LogP contribution is 2.26. The van der Waals surface area contributed by atoms with E-state index in [1.54, 1.807) is 13.8 Å². The molecule has 1 amide bonds. The van der Waals surface area contributed by atoms with Crippen LogP contribution in [-0.2, 0) is 4.84 Å². The van der Waals surface area contributed by atoms with Crippen molar-refractivity contribution >= 4 is 11.6 Å². The van der Waals surface area contributed by atoms with Gasteiger partial charge in [-0.1, -0.05) is 65.8 Å². The number of oxime groups is 1. The summed E-state index contributed by atoms with van der Waals surface area (Å²) >= 11 is 0. The zero-order valence-corrected chi connectivity index (χ0v) is 18.2. The zero-order chi connectivity index (χ0) is 22.4. The van der Waals surface area contributed by atoms with Gasteiger partial charge in [-0.15, -0.1) is 0 Å². The van der Waals surface area contributed by atoms with E-state index >= 15 is 0 Å². The van der Waals surface area contributed by atoms with Crippen LogP contribution in [0.3, 0.4) is 0 Å². The van der Waals surface area contributed by atoms with E-state index < -0.39 is 12.0 Å². The highest BCUT2D eigenvalue weighted by atomic mass is 16.6. The molecule has 0 unspecified atom stereocenters. The van der Waals surface area contributed by atoms with E-state index in [1.807, 2.05) is 74.5 Å². The maximum absolute atomic E-state index is 12.7. The first-order valence-corrected chi connectivity index (χ1v) is 10.2. The summed E-state index contributed by atoms with van der Waals surface area (Å²) in [5.41, 5.74) is 2.95. The molecule has 0 saturated carbocycles. The maximum Gasteiger partial charge on any atom is 0.257 e. The molecular weight excluding hydrogens is 390 g/mol. The van der Waals surface area contributed by atoms with E-state index in [-0.39, 0.29) is 17.0 Å². The number of aromatic amines is 1. The fourth-order valence-electron chi connectivity index (χ4n) is 3.27. The Bertz CT molecular complexity index is 1080. The highest BCUT2D eigenvalue weighted by molar-refractivity contribution is 6.07. The lowest BCUT2D eigenvalue weighted by Crippen LogP contribution is -2.35. The van der Waals surface area contributed by atoms with Gasteiger partial charge in [0.1, 0.15) is 11.3 Å². The Hall–Kier alpha value is -3.67. The first-order valence-electron chi connectivity index (χ1n) is 10.2. The summed E-state index contributed by atoms with van der Waals surface area (Å²) in [6.45, 7) is 7.16. The van der Waals surface area contributed by atoms with Gasteiger partial charge in [-0.05, 0) is 38.8 Å². The number of hydrogen-bond donors (Lipinski definition) is 2. The van der Waals surface area contributed by atoms with Gasteiger partial charge < -0.3 is 15.1 Å². The van der Waals surface area contributed by atoms with Gasteiger partial charge in [0, 0.05) is 17.8 Å². The third-order valence-electron chi connectivity index (χ3n) is 4.67. The molecule has 1 aromatic heterocycles. The number of carbonyl (C=O) groups is 1. The average molecular weight is 418 g/mol. The molecule has 3 rings (SSSR count). The second-order valence-corrected chi connectivity index (χ2v) is 7.68. The van der Waals surface area contributed by atoms with E-state index in [0.29, 0.717) is 17.1 Å². The number of benzene rings is 2. The SMILES string of the molecule is CC(=NOC(c1ccccc1)c1ccccc1)c1[nH]c(C)cc(=O)c1C(=O)NC(C)C. The van der Waals surface area contributed by atoms with Crippen molar-refractivity contribution in [2.45, 2.75) is 39.8 Å². The molecule has 0 aliphatic rings. The molecule has 160 valence electrons. The van der Waals surface area contributed by atoms with E-state index in [1.165, 1.54) is 6.07 Å². The third kappa shape index (κ3) is 5.48. The van der Waals surface area contributed by atoms with Gasteiger partial charge in [0.25, 0.3) is 5.91 Å². The van der Waals surface area contributed by atoms with Crippen LogP contribution >= 0.6 is 0 Å². The summed E-state index contributed by atoms with van der Waals surface area (Å²) in [6.07, 6.45) is -0.429. The highest BCUT2D eigenvalue weighted by Gasteiger charge is 2.21. The summed E-state index contributed by atoms with van der Waals surface area (Å²) in [7, 11) is 0. The third-order valence-corrected chi connectivity index (χ3v) is 4.67. The topological polar surface area (TPSA) is 83.5 Å². The summed E-state index contributed by atoms with van der Waals surface area (Å²) in [5.74, 6) is -0.441. The Kier molecular flexibility index (Phi) is 7.03. The lowest BCUT2D eigenvalue weighted by atomic mass is 10.0. The van der Waals surface area contributed by atoms with Crippen LogP contribution in [0.2, 0.25) is 0 Å². The number of amides is 1. The van der Waals surface area contributed by atoms with Crippen molar-refractivity contribution < 1.29 is 9.63 Å². The molecule has 0 aliphatic carbocycles. The molecule has 0 bridgehead atoms. The van der Waals surface area contributed by atoms with Gasteiger partial charge in [0.05, 0.1) is 5.69 Å². The molecule has 0 fully saturated rings. The van der Waals surface area contributed by atoms with E-state index in [9.17, 15) is 9.59 Å². The zero-order valence-electron chi connectivity index (χ0n) is 18.2. The fourth-order valence-corrected chi connectivity index (χ4v) is 3.27. The van der Waals surface area contributed by atoms with Crippen molar-refractivity contribution in [3.8, 4) is 0 Å². The quantitative estimate of drug-likeness (QED) is 0.443. The number of aromatic nitrogens is 1. The summed E-state index contributed by atoms with van der Waals surface area (Å²) in [6, 6.07) is 20.8. The van der Waals surface area contributed by atoms with Gasteiger partial charge >= 0.3 is 0 Å². The van der Waals surface area contributed by atoms with Gasteiger partial charge in [0.15, 0.2) is 11.5 Å². The molecule has 0 radical (unpaired) electrons. The molecule has 0 atom stereocenters. The van der Waals surface area contributed by atoms with Crippen LogP contribution in [0.1, 0.15) is 59.7 Å². The summed E-state index contributed by atoms with van der Waals surface area (Å²) in [5, 5.41) is 7.09. The maximum atomic E-state index is 12.7. The predicted octanol–water partition coefficient (Wildman–Crippen LogP) is 4.35. The number of carbonyl (C=O) groups excluding carboxylic acids is 1. The molecule has 2 N–H and O–H groups in total. The minimum atomic E-state index is -0.441. The molecule has 6 heteroatoms. The van der Waals surface area contributed by atoms with Crippen LogP contribution in [0.25, 0.3) is 0 Å². The molecule has 0 aliphatic heterocycles. The largest absolute Gasteiger partial charge is 0.382 e. The first-order chi connectivity index (χ1) is 14.9. The van der Waals surface area contributed by atoms with Gasteiger partial charge in [-0.25, -0.2) is 0 Å². The molecule has 0 saturated heterocycles. The van der Waals surface area contributed by atoms with Crippen LogP contribution in [0, 0.1) is 6.92 Å². The van der Waals surface area contributed by atoms with E-state index in [2.05, 4.69) is 15.5 Å². The minimum absolute atomic E-state index is 0.0279. The molecule has 6 nitrogen and oxygen atoms in total. The van der Waals surface area contributed by atoms with Gasteiger partial charge in [-0.3, -0.25) is 9.59 Å². The number of nitrogens with one attached hydrogen (secondary N) is 2. The molecule has 31 heavy (non-hydrogen) atoms. The number of nitrogens with zero attached hydrogens (tertiary/aromatic N) is 1. The van der Waals surface area contributed by atoms with E-state index in [4.69, 9.17) is 4.84 Å². The van der Waals surface area contributed by atoms with E-state index in [0.717, 1.165) is 11.1 Å². The second-order valence-electron chi connectivity index (χ2n) is 7.68. The predicted molar refractivity (Wildman–Crippen MR) is 122 cm³/mol. The lowest BCUT2D eigenvalue weighted by molar-refractivity contribution is 0.0873. The average Bonchev–Trinajstić information content (AvgIpc) is 2.74. The van der Waals surface area contributed by atoms with Crippen LogP contribution in [-0.4, -0.2) is 22.6 Å². The monoisotopic (exact) mass is 417 g/mol. The Balaban J connectivity index is 2.00. The number of aryl methyl sites for hydroxylation is 1. The van der Waals surface area contributed by atoms with Crippen molar-refractivity contribution in [3.05, 3.63) is 105 Å². The number of rotatable bonds is 7. The standard InChI is InChI=1S/C25H27N3O3/c1-16(2)26-25(30)22-21(29)15-17(3)27-23(22)18(4)28-31-24(19-11-7-5-8-12-19)20-13-9-6-10-14-20/h5-16,24H,1-4H3,(H,26,30)(H,27,29). The van der Waals surface area contributed by atoms with Crippen molar-refractivity contribution in [1.82, 2.24) is 10.3 Å². The van der Waals surface area contributed by atoms with Crippen molar-refractivity contribution in [2.75, 3.05) is 0 Å². The fraction of sp³-hybridized carbons (Fsp3) is 0.240. The minimum Gasteiger partial charge on any atom is -0.382 e. The second kappa shape index (κ2) is 9.89. The number of hydrogen-bond acceptors (Lipinski definition) is 4. The first kappa shape index (κ1) is 22.0. The van der Waals surface area contributed by atoms with Crippen LogP contribution in [0.5, 0.6) is 0 Å².